The van der Waals surface area contributed by atoms with Gasteiger partial charge in [-0.1, -0.05) is 24.3 Å². The van der Waals surface area contributed by atoms with E-state index in [1.165, 1.54) is 11.1 Å². The van der Waals surface area contributed by atoms with Gasteiger partial charge in [0.2, 0.25) is 6.79 Å². The quantitative estimate of drug-likeness (QED) is 0.459. The second-order valence-electron chi connectivity index (χ2n) is 9.59. The standard InChI is InChI=1S/C26H26N6O4/c33-26-20(10-18-11-22-23(36-15-35-22)12-21(18)27-26)24(31-8-7-16-4-1-2-5-17(16)13-31)25-28-29-30-32(25)14-19-6-3-9-34-19/h1-2,4-5,10-12,19,24H,3,6-9,13-15H2,(H,27,33). The third kappa shape index (κ3) is 3.73. The number of hydrogen-bond acceptors (Lipinski definition) is 8. The minimum Gasteiger partial charge on any atom is -0.454 e. The fourth-order valence-electron chi connectivity index (χ4n) is 5.57. The molecule has 2 aromatic carbocycles. The van der Waals surface area contributed by atoms with Gasteiger partial charge in [0, 0.05) is 36.7 Å². The van der Waals surface area contributed by atoms with Gasteiger partial charge in [-0.2, -0.15) is 0 Å². The molecule has 1 saturated heterocycles. The first kappa shape index (κ1) is 21.5. The molecule has 0 amide bonds. The van der Waals surface area contributed by atoms with Crippen LogP contribution in [-0.2, 0) is 24.2 Å². The molecule has 4 aromatic rings. The third-order valence-corrected chi connectivity index (χ3v) is 7.39. The van der Waals surface area contributed by atoms with E-state index in [0.29, 0.717) is 41.5 Å². The van der Waals surface area contributed by atoms with Crippen LogP contribution in [0.15, 0.2) is 47.3 Å². The summed E-state index contributed by atoms with van der Waals surface area (Å²) in [7, 11) is 0. The summed E-state index contributed by atoms with van der Waals surface area (Å²) in [6.07, 6.45) is 2.98. The van der Waals surface area contributed by atoms with E-state index in [1.54, 1.807) is 0 Å². The molecule has 10 heteroatoms. The highest BCUT2D eigenvalue weighted by Gasteiger charge is 2.33. The van der Waals surface area contributed by atoms with Crippen LogP contribution in [0.25, 0.3) is 10.9 Å². The molecule has 7 rings (SSSR count). The zero-order valence-corrected chi connectivity index (χ0v) is 19.7. The summed E-state index contributed by atoms with van der Waals surface area (Å²) in [6, 6.07) is 13.7. The summed E-state index contributed by atoms with van der Waals surface area (Å²) < 4.78 is 18.7. The molecule has 5 heterocycles. The number of nitrogens with one attached hydrogen (secondary N) is 1. The van der Waals surface area contributed by atoms with Crippen molar-refractivity contribution in [1.82, 2.24) is 30.1 Å². The third-order valence-electron chi connectivity index (χ3n) is 7.39. The Morgan fingerprint density at radius 3 is 2.83 bits per heavy atom. The first-order chi connectivity index (χ1) is 17.7. The van der Waals surface area contributed by atoms with Crippen molar-refractivity contribution in [2.45, 2.75) is 44.5 Å². The van der Waals surface area contributed by atoms with Gasteiger partial charge in [0.25, 0.3) is 5.56 Å². The van der Waals surface area contributed by atoms with Crippen molar-refractivity contribution in [3.8, 4) is 11.5 Å². The summed E-state index contributed by atoms with van der Waals surface area (Å²) in [4.78, 5) is 18.9. The van der Waals surface area contributed by atoms with Crippen molar-refractivity contribution >= 4 is 10.9 Å². The molecule has 2 atom stereocenters. The molecule has 0 bridgehead atoms. The maximum absolute atomic E-state index is 13.6. The van der Waals surface area contributed by atoms with E-state index in [1.807, 2.05) is 22.9 Å². The van der Waals surface area contributed by atoms with E-state index in [2.05, 4.69) is 49.7 Å². The van der Waals surface area contributed by atoms with E-state index in [9.17, 15) is 4.79 Å². The summed E-state index contributed by atoms with van der Waals surface area (Å²) in [6.45, 7) is 2.98. The normalized spacial score (nSPS) is 20.1. The number of rotatable bonds is 5. The van der Waals surface area contributed by atoms with Crippen molar-refractivity contribution in [3.63, 3.8) is 0 Å². The monoisotopic (exact) mass is 486 g/mol. The Kier molecular flexibility index (Phi) is 5.21. The number of aromatic amines is 1. The molecule has 2 unspecified atom stereocenters. The number of nitrogens with zero attached hydrogens (tertiary/aromatic N) is 5. The van der Waals surface area contributed by atoms with Crippen molar-refractivity contribution in [3.05, 3.63) is 75.3 Å². The van der Waals surface area contributed by atoms with E-state index in [-0.39, 0.29) is 18.5 Å². The van der Waals surface area contributed by atoms with E-state index < -0.39 is 6.04 Å². The van der Waals surface area contributed by atoms with Gasteiger partial charge in [-0.05, 0) is 52.9 Å². The highest BCUT2D eigenvalue weighted by Crippen LogP contribution is 2.37. The maximum Gasteiger partial charge on any atom is 0.253 e. The molecule has 10 nitrogen and oxygen atoms in total. The van der Waals surface area contributed by atoms with Gasteiger partial charge in [0.1, 0.15) is 6.04 Å². The van der Waals surface area contributed by atoms with Gasteiger partial charge in [-0.25, -0.2) is 4.68 Å². The largest absolute Gasteiger partial charge is 0.454 e. The highest BCUT2D eigenvalue weighted by molar-refractivity contribution is 5.83. The average Bonchev–Trinajstić information content (AvgIpc) is 3.67. The topological polar surface area (TPSA) is 107 Å². The highest BCUT2D eigenvalue weighted by atomic mass is 16.7. The summed E-state index contributed by atoms with van der Waals surface area (Å²) in [5, 5.41) is 13.6. The zero-order valence-electron chi connectivity index (χ0n) is 19.7. The van der Waals surface area contributed by atoms with Gasteiger partial charge in [0.05, 0.1) is 18.2 Å². The molecule has 1 N–H and O–H groups in total. The number of ether oxygens (including phenoxy) is 3. The molecular formula is C26H26N6O4. The molecule has 3 aliphatic rings. The number of tetrazole rings is 1. The van der Waals surface area contributed by atoms with Crippen LogP contribution in [0, 0.1) is 0 Å². The molecule has 0 saturated carbocycles. The minimum absolute atomic E-state index is 0.0737. The smallest absolute Gasteiger partial charge is 0.253 e. The second kappa shape index (κ2) is 8.72. The van der Waals surface area contributed by atoms with Crippen molar-refractivity contribution in [2.24, 2.45) is 0 Å². The molecule has 0 radical (unpaired) electrons. The Labute approximate surface area is 206 Å². The number of benzene rings is 2. The number of aromatic nitrogens is 5. The first-order valence-electron chi connectivity index (χ1n) is 12.4. The fraction of sp³-hybridized carbons (Fsp3) is 0.385. The Morgan fingerprint density at radius 2 is 1.97 bits per heavy atom. The van der Waals surface area contributed by atoms with Crippen molar-refractivity contribution in [1.29, 1.82) is 0 Å². The maximum atomic E-state index is 13.6. The Balaban J connectivity index is 1.34. The van der Waals surface area contributed by atoms with Crippen LogP contribution in [-0.4, -0.2) is 56.1 Å². The van der Waals surface area contributed by atoms with Crippen LogP contribution in [0.3, 0.4) is 0 Å². The molecule has 0 spiro atoms. The Morgan fingerprint density at radius 1 is 1.11 bits per heavy atom. The predicted molar refractivity (Wildman–Crippen MR) is 130 cm³/mol. The van der Waals surface area contributed by atoms with E-state index >= 15 is 0 Å². The molecule has 1 fully saturated rings. The van der Waals surface area contributed by atoms with Gasteiger partial charge < -0.3 is 19.2 Å². The molecule has 0 aliphatic carbocycles. The van der Waals surface area contributed by atoms with Crippen LogP contribution >= 0.6 is 0 Å². The predicted octanol–water partition coefficient (Wildman–Crippen LogP) is 2.57. The van der Waals surface area contributed by atoms with Crippen molar-refractivity contribution < 1.29 is 14.2 Å². The minimum atomic E-state index is -0.423. The number of fused-ring (bicyclic) bond motifs is 3. The Bertz CT molecular complexity index is 1490. The number of hydrogen-bond donors (Lipinski definition) is 1. The second-order valence-corrected chi connectivity index (χ2v) is 9.59. The van der Waals surface area contributed by atoms with Crippen LogP contribution in [0.1, 0.15) is 41.4 Å². The van der Waals surface area contributed by atoms with Gasteiger partial charge in [-0.3, -0.25) is 9.69 Å². The molecule has 2 aromatic heterocycles. The van der Waals surface area contributed by atoms with Crippen LogP contribution in [0.5, 0.6) is 11.5 Å². The van der Waals surface area contributed by atoms with Gasteiger partial charge in [0.15, 0.2) is 17.3 Å². The van der Waals surface area contributed by atoms with Crippen LogP contribution < -0.4 is 15.0 Å². The lowest BCUT2D eigenvalue weighted by Gasteiger charge is -2.35. The molecule has 36 heavy (non-hydrogen) atoms. The molecular weight excluding hydrogens is 460 g/mol. The fourth-order valence-corrected chi connectivity index (χ4v) is 5.57. The summed E-state index contributed by atoms with van der Waals surface area (Å²) in [5.74, 6) is 1.96. The summed E-state index contributed by atoms with van der Waals surface area (Å²) >= 11 is 0. The summed E-state index contributed by atoms with van der Waals surface area (Å²) in [5.41, 5.74) is 3.73. The van der Waals surface area contributed by atoms with Gasteiger partial charge >= 0.3 is 0 Å². The zero-order chi connectivity index (χ0) is 24.1. The van der Waals surface area contributed by atoms with Gasteiger partial charge in [-0.15, -0.1) is 5.10 Å². The lowest BCUT2D eigenvalue weighted by molar-refractivity contribution is 0.0904. The van der Waals surface area contributed by atoms with Crippen LogP contribution in [0.2, 0.25) is 0 Å². The lowest BCUT2D eigenvalue weighted by atomic mass is 9.96. The average molecular weight is 487 g/mol. The first-order valence-corrected chi connectivity index (χ1v) is 12.4. The van der Waals surface area contributed by atoms with Crippen molar-refractivity contribution in [2.75, 3.05) is 19.9 Å². The molecule has 184 valence electrons. The van der Waals surface area contributed by atoms with E-state index in [4.69, 9.17) is 14.2 Å². The number of H-pyrrole nitrogens is 1. The molecule has 3 aliphatic heterocycles. The SMILES string of the molecule is O=c1[nH]c2cc3c(cc2cc1C(c1nnnn1CC1CCCO1)N1CCc2ccccc2C1)OCO3. The number of pyridine rings is 1. The Hall–Kier alpha value is -3.76. The van der Waals surface area contributed by atoms with E-state index in [0.717, 1.165) is 37.8 Å². The lowest BCUT2D eigenvalue weighted by Crippen LogP contribution is -2.39. The van der Waals surface area contributed by atoms with Crippen LogP contribution in [0.4, 0.5) is 0 Å².